The van der Waals surface area contributed by atoms with Crippen molar-refractivity contribution in [1.82, 2.24) is 0 Å². The second kappa shape index (κ2) is 6.77. The lowest BCUT2D eigenvalue weighted by atomic mass is 10.2. The lowest BCUT2D eigenvalue weighted by Gasteiger charge is -2.01. The van der Waals surface area contributed by atoms with Gasteiger partial charge in [0, 0.05) is 4.90 Å². The summed E-state index contributed by atoms with van der Waals surface area (Å²) in [5.74, 6) is 1.53. The third-order valence-corrected chi connectivity index (χ3v) is 3.20. The van der Waals surface area contributed by atoms with Crippen LogP contribution in [-0.2, 0) is 0 Å². The fourth-order valence-corrected chi connectivity index (χ4v) is 2.17. The number of thioether (sulfide) groups is 1. The quantitative estimate of drug-likeness (QED) is 0.564. The van der Waals surface area contributed by atoms with Crippen LogP contribution >= 0.6 is 11.8 Å². The summed E-state index contributed by atoms with van der Waals surface area (Å²) in [5.41, 5.74) is 0. The fraction of sp³-hybridized carbons (Fsp3) is 0.500. The highest BCUT2D eigenvalue weighted by Crippen LogP contribution is 2.21. The van der Waals surface area contributed by atoms with E-state index in [1.165, 1.54) is 36.3 Å². The molecule has 1 N–H and O–H groups in total. The van der Waals surface area contributed by atoms with Crippen LogP contribution in [0.25, 0.3) is 0 Å². The van der Waals surface area contributed by atoms with Crippen LogP contribution in [0.4, 0.5) is 0 Å². The predicted molar refractivity (Wildman–Crippen MR) is 63.0 cm³/mol. The Bertz CT molecular complexity index is 243. The summed E-state index contributed by atoms with van der Waals surface area (Å²) in [5, 5.41) is 9.09. The van der Waals surface area contributed by atoms with E-state index in [2.05, 4.69) is 6.92 Å². The van der Waals surface area contributed by atoms with Gasteiger partial charge < -0.3 is 5.11 Å². The molecule has 0 aliphatic rings. The maximum atomic E-state index is 9.09. The highest BCUT2D eigenvalue weighted by atomic mass is 32.2. The van der Waals surface area contributed by atoms with Gasteiger partial charge in [-0.05, 0) is 36.4 Å². The Morgan fingerprint density at radius 3 is 2.43 bits per heavy atom. The molecule has 0 aromatic heterocycles. The monoisotopic (exact) mass is 210 g/mol. The van der Waals surface area contributed by atoms with Crippen molar-refractivity contribution < 1.29 is 5.11 Å². The van der Waals surface area contributed by atoms with Gasteiger partial charge in [-0.3, -0.25) is 0 Å². The van der Waals surface area contributed by atoms with Gasteiger partial charge in [0.05, 0.1) is 0 Å². The lowest BCUT2D eigenvalue weighted by Crippen LogP contribution is -1.80. The molecule has 0 heterocycles. The molecule has 0 amide bonds. The van der Waals surface area contributed by atoms with Gasteiger partial charge in [-0.15, -0.1) is 11.8 Å². The minimum atomic E-state index is 0.348. The molecule has 0 saturated heterocycles. The van der Waals surface area contributed by atoms with Gasteiger partial charge in [0.1, 0.15) is 5.75 Å². The number of unbranched alkanes of at least 4 members (excludes halogenated alkanes) is 3. The number of hydrogen-bond donors (Lipinski definition) is 1. The van der Waals surface area contributed by atoms with E-state index in [9.17, 15) is 0 Å². The Labute approximate surface area is 90.5 Å². The summed E-state index contributed by atoms with van der Waals surface area (Å²) in [4.78, 5) is 1.25. The van der Waals surface area contributed by atoms with E-state index in [4.69, 9.17) is 5.11 Å². The van der Waals surface area contributed by atoms with Crippen LogP contribution in [-0.4, -0.2) is 10.9 Å². The van der Waals surface area contributed by atoms with Crippen molar-refractivity contribution in [3.8, 4) is 5.75 Å². The zero-order valence-corrected chi connectivity index (χ0v) is 9.52. The van der Waals surface area contributed by atoms with E-state index in [-0.39, 0.29) is 0 Å². The van der Waals surface area contributed by atoms with Gasteiger partial charge in [-0.25, -0.2) is 0 Å². The second-order valence-electron chi connectivity index (χ2n) is 3.40. The van der Waals surface area contributed by atoms with Gasteiger partial charge >= 0.3 is 0 Å². The molecule has 0 aliphatic heterocycles. The lowest BCUT2D eigenvalue weighted by molar-refractivity contribution is 0.475. The first kappa shape index (κ1) is 11.4. The Kier molecular flexibility index (Phi) is 5.53. The summed E-state index contributed by atoms with van der Waals surface area (Å²) >= 11 is 1.87. The topological polar surface area (TPSA) is 20.2 Å². The van der Waals surface area contributed by atoms with Gasteiger partial charge in [-0.1, -0.05) is 26.2 Å². The van der Waals surface area contributed by atoms with Crippen LogP contribution in [0.3, 0.4) is 0 Å². The molecule has 1 rings (SSSR count). The number of hydrogen-bond acceptors (Lipinski definition) is 2. The first-order valence-corrected chi connectivity index (χ1v) is 6.23. The predicted octanol–water partition coefficient (Wildman–Crippen LogP) is 4.06. The fourth-order valence-electron chi connectivity index (χ4n) is 1.26. The molecule has 14 heavy (non-hydrogen) atoms. The van der Waals surface area contributed by atoms with Crippen LogP contribution in [0.2, 0.25) is 0 Å². The molecule has 2 heteroatoms. The number of aromatic hydroxyl groups is 1. The average Bonchev–Trinajstić information content (AvgIpc) is 2.21. The first-order valence-electron chi connectivity index (χ1n) is 5.24. The first-order chi connectivity index (χ1) is 6.83. The Balaban J connectivity index is 2.15. The van der Waals surface area contributed by atoms with E-state index in [1.807, 2.05) is 23.9 Å². The molecule has 1 nitrogen and oxygen atoms in total. The maximum absolute atomic E-state index is 9.09. The molecule has 0 aliphatic carbocycles. The Morgan fingerprint density at radius 2 is 1.79 bits per heavy atom. The average molecular weight is 210 g/mol. The Hall–Kier alpha value is -0.630. The van der Waals surface area contributed by atoms with Crippen LogP contribution in [0.15, 0.2) is 29.2 Å². The van der Waals surface area contributed by atoms with Crippen LogP contribution in [0.5, 0.6) is 5.75 Å². The zero-order chi connectivity index (χ0) is 10.2. The SMILES string of the molecule is CCCCCCSc1ccc(O)cc1. The summed E-state index contributed by atoms with van der Waals surface area (Å²) in [7, 11) is 0. The normalized spacial score (nSPS) is 10.4. The van der Waals surface area contributed by atoms with Crippen molar-refractivity contribution in [3.63, 3.8) is 0 Å². The number of benzene rings is 1. The van der Waals surface area contributed by atoms with Crippen LogP contribution in [0.1, 0.15) is 32.6 Å². The van der Waals surface area contributed by atoms with Crippen molar-refractivity contribution in [2.75, 3.05) is 5.75 Å². The third kappa shape index (κ3) is 4.56. The summed E-state index contributed by atoms with van der Waals surface area (Å²) < 4.78 is 0. The van der Waals surface area contributed by atoms with Crippen molar-refractivity contribution in [2.24, 2.45) is 0 Å². The third-order valence-electron chi connectivity index (χ3n) is 2.10. The summed E-state index contributed by atoms with van der Waals surface area (Å²) in [6.45, 7) is 2.23. The molecule has 0 bridgehead atoms. The van der Waals surface area contributed by atoms with Crippen molar-refractivity contribution >= 4 is 11.8 Å². The zero-order valence-electron chi connectivity index (χ0n) is 8.70. The highest BCUT2D eigenvalue weighted by molar-refractivity contribution is 7.99. The Morgan fingerprint density at radius 1 is 1.07 bits per heavy atom. The molecule has 1 aromatic carbocycles. The molecule has 78 valence electrons. The molecule has 0 spiro atoms. The summed E-state index contributed by atoms with van der Waals surface area (Å²) in [6.07, 6.45) is 5.26. The molecule has 0 fully saturated rings. The highest BCUT2D eigenvalue weighted by Gasteiger charge is 1.94. The van der Waals surface area contributed by atoms with Crippen LogP contribution in [0, 0.1) is 0 Å². The largest absolute Gasteiger partial charge is 0.508 e. The molecule has 1 aromatic rings. The minimum Gasteiger partial charge on any atom is -0.508 e. The smallest absolute Gasteiger partial charge is 0.115 e. The van der Waals surface area contributed by atoms with E-state index in [0.717, 1.165) is 0 Å². The van der Waals surface area contributed by atoms with E-state index >= 15 is 0 Å². The van der Waals surface area contributed by atoms with E-state index in [0.29, 0.717) is 5.75 Å². The van der Waals surface area contributed by atoms with Gasteiger partial charge in [0.25, 0.3) is 0 Å². The van der Waals surface area contributed by atoms with Gasteiger partial charge in [0.15, 0.2) is 0 Å². The van der Waals surface area contributed by atoms with Gasteiger partial charge in [-0.2, -0.15) is 0 Å². The van der Waals surface area contributed by atoms with Gasteiger partial charge in [0.2, 0.25) is 0 Å². The second-order valence-corrected chi connectivity index (χ2v) is 4.57. The molecular weight excluding hydrogens is 192 g/mol. The van der Waals surface area contributed by atoms with E-state index in [1.54, 1.807) is 12.1 Å². The minimum absolute atomic E-state index is 0.348. The molecule has 0 saturated carbocycles. The van der Waals surface area contributed by atoms with Crippen molar-refractivity contribution in [3.05, 3.63) is 24.3 Å². The number of phenols is 1. The number of phenolic OH excluding ortho intramolecular Hbond substituents is 1. The standard InChI is InChI=1S/C12H18OS/c1-2-3-4-5-10-14-12-8-6-11(13)7-9-12/h6-9,13H,2-5,10H2,1H3. The summed E-state index contributed by atoms with van der Waals surface area (Å²) in [6, 6.07) is 7.43. The van der Waals surface area contributed by atoms with Crippen LogP contribution < -0.4 is 0 Å². The van der Waals surface area contributed by atoms with Crippen molar-refractivity contribution in [2.45, 2.75) is 37.5 Å². The maximum Gasteiger partial charge on any atom is 0.115 e. The molecule has 0 radical (unpaired) electrons. The number of rotatable bonds is 6. The molecule has 0 atom stereocenters. The van der Waals surface area contributed by atoms with E-state index < -0.39 is 0 Å². The van der Waals surface area contributed by atoms with Crippen molar-refractivity contribution in [1.29, 1.82) is 0 Å². The molecular formula is C12H18OS. The molecule has 0 unspecified atom stereocenters.